The van der Waals surface area contributed by atoms with Crippen molar-refractivity contribution in [3.8, 4) is 0 Å². The maximum atomic E-state index is 10.3. The largest absolute Gasteiger partial charge is 0.478 e. The Balaban J connectivity index is 2.82. The Hall–Kier alpha value is -1.58. The van der Waals surface area contributed by atoms with E-state index in [1.807, 2.05) is 0 Å². The standard InChI is InChI=1S/C7H7NO3/c1-5(7(9)10)2-6-3-11-4-8-6/h2-4H,1H3,(H,9,10)/b5-2+. The van der Waals surface area contributed by atoms with Gasteiger partial charge in [-0.3, -0.25) is 0 Å². The molecule has 0 bridgehead atoms. The van der Waals surface area contributed by atoms with E-state index in [2.05, 4.69) is 9.40 Å². The lowest BCUT2D eigenvalue weighted by atomic mass is 10.2. The molecule has 1 heterocycles. The molecule has 1 aromatic rings. The van der Waals surface area contributed by atoms with Crippen LogP contribution in [0.1, 0.15) is 12.6 Å². The molecule has 0 amide bonds. The molecule has 0 aliphatic carbocycles. The molecule has 0 atom stereocenters. The zero-order valence-corrected chi connectivity index (χ0v) is 5.94. The van der Waals surface area contributed by atoms with E-state index in [9.17, 15) is 4.79 Å². The van der Waals surface area contributed by atoms with Gasteiger partial charge in [-0.1, -0.05) is 0 Å². The highest BCUT2D eigenvalue weighted by molar-refractivity contribution is 5.90. The van der Waals surface area contributed by atoms with E-state index in [4.69, 9.17) is 5.11 Å². The summed E-state index contributed by atoms with van der Waals surface area (Å²) in [6, 6.07) is 0. The first-order valence-electron chi connectivity index (χ1n) is 3.00. The van der Waals surface area contributed by atoms with Crippen LogP contribution in [0.15, 0.2) is 22.6 Å². The van der Waals surface area contributed by atoms with Crippen molar-refractivity contribution >= 4 is 12.0 Å². The lowest BCUT2D eigenvalue weighted by Gasteiger charge is -1.87. The van der Waals surface area contributed by atoms with Gasteiger partial charge in [0.15, 0.2) is 6.39 Å². The number of hydrogen-bond acceptors (Lipinski definition) is 3. The van der Waals surface area contributed by atoms with Crippen molar-refractivity contribution in [2.24, 2.45) is 0 Å². The Morgan fingerprint density at radius 1 is 1.82 bits per heavy atom. The maximum Gasteiger partial charge on any atom is 0.331 e. The molecule has 0 saturated heterocycles. The number of nitrogens with zero attached hydrogens (tertiary/aromatic N) is 1. The van der Waals surface area contributed by atoms with Gasteiger partial charge in [-0.25, -0.2) is 9.78 Å². The van der Waals surface area contributed by atoms with Crippen molar-refractivity contribution < 1.29 is 14.3 Å². The minimum Gasteiger partial charge on any atom is -0.478 e. The number of oxazole rings is 1. The van der Waals surface area contributed by atoms with Gasteiger partial charge in [0.1, 0.15) is 12.0 Å². The van der Waals surface area contributed by atoms with Crippen LogP contribution in [0, 0.1) is 0 Å². The van der Waals surface area contributed by atoms with E-state index in [1.165, 1.54) is 25.7 Å². The van der Waals surface area contributed by atoms with Gasteiger partial charge in [-0.05, 0) is 13.0 Å². The number of hydrogen-bond donors (Lipinski definition) is 1. The highest BCUT2D eigenvalue weighted by atomic mass is 16.4. The third-order valence-corrected chi connectivity index (χ3v) is 1.15. The molecule has 0 aliphatic heterocycles. The van der Waals surface area contributed by atoms with Crippen LogP contribution in [0.5, 0.6) is 0 Å². The average molecular weight is 153 g/mol. The van der Waals surface area contributed by atoms with Crippen LogP contribution < -0.4 is 0 Å². The van der Waals surface area contributed by atoms with Gasteiger partial charge < -0.3 is 9.52 Å². The molecule has 0 saturated carbocycles. The number of rotatable bonds is 2. The summed E-state index contributed by atoms with van der Waals surface area (Å²) in [6.45, 7) is 1.50. The number of aromatic nitrogens is 1. The molecule has 11 heavy (non-hydrogen) atoms. The van der Waals surface area contributed by atoms with Gasteiger partial charge in [0.2, 0.25) is 0 Å². The minimum absolute atomic E-state index is 0.235. The maximum absolute atomic E-state index is 10.3. The quantitative estimate of drug-likeness (QED) is 0.647. The summed E-state index contributed by atoms with van der Waals surface area (Å²) in [5.74, 6) is -0.951. The molecule has 0 aliphatic rings. The topological polar surface area (TPSA) is 63.3 Å². The third-order valence-electron chi connectivity index (χ3n) is 1.15. The van der Waals surface area contributed by atoms with E-state index < -0.39 is 5.97 Å². The second-order valence-electron chi connectivity index (χ2n) is 2.05. The van der Waals surface area contributed by atoms with Crippen molar-refractivity contribution in [2.45, 2.75) is 6.92 Å². The Morgan fingerprint density at radius 2 is 2.55 bits per heavy atom. The van der Waals surface area contributed by atoms with Crippen LogP contribution in [0.3, 0.4) is 0 Å². The summed E-state index contributed by atoms with van der Waals surface area (Å²) in [4.78, 5) is 14.0. The van der Waals surface area contributed by atoms with E-state index >= 15 is 0 Å². The molecule has 4 nitrogen and oxygen atoms in total. The van der Waals surface area contributed by atoms with Crippen LogP contribution in [0.4, 0.5) is 0 Å². The third kappa shape index (κ3) is 1.93. The summed E-state index contributed by atoms with van der Waals surface area (Å²) < 4.78 is 4.65. The highest BCUT2D eigenvalue weighted by Crippen LogP contribution is 2.02. The van der Waals surface area contributed by atoms with Gasteiger partial charge >= 0.3 is 5.97 Å². The lowest BCUT2D eigenvalue weighted by Crippen LogP contribution is -1.95. The molecule has 1 rings (SSSR count). The Labute approximate surface area is 63.2 Å². The number of carbonyl (C=O) groups is 1. The van der Waals surface area contributed by atoms with Crippen molar-refractivity contribution in [2.75, 3.05) is 0 Å². The van der Waals surface area contributed by atoms with Crippen molar-refractivity contribution in [1.29, 1.82) is 0 Å². The minimum atomic E-state index is -0.951. The molecule has 0 spiro atoms. The van der Waals surface area contributed by atoms with E-state index in [0.717, 1.165) is 0 Å². The van der Waals surface area contributed by atoms with Gasteiger partial charge in [-0.2, -0.15) is 0 Å². The second kappa shape index (κ2) is 3.01. The van der Waals surface area contributed by atoms with E-state index in [-0.39, 0.29) is 5.57 Å². The molecular weight excluding hydrogens is 146 g/mol. The van der Waals surface area contributed by atoms with Gasteiger partial charge in [-0.15, -0.1) is 0 Å². The normalized spacial score (nSPS) is 11.5. The van der Waals surface area contributed by atoms with Crippen molar-refractivity contribution in [3.63, 3.8) is 0 Å². The molecule has 1 aromatic heterocycles. The smallest absolute Gasteiger partial charge is 0.331 e. The molecule has 0 unspecified atom stereocenters. The fourth-order valence-electron chi connectivity index (χ4n) is 0.577. The summed E-state index contributed by atoms with van der Waals surface area (Å²) in [5.41, 5.74) is 0.754. The van der Waals surface area contributed by atoms with Crippen LogP contribution in [0.2, 0.25) is 0 Å². The second-order valence-corrected chi connectivity index (χ2v) is 2.05. The summed E-state index contributed by atoms with van der Waals surface area (Å²) >= 11 is 0. The first-order valence-corrected chi connectivity index (χ1v) is 3.00. The summed E-state index contributed by atoms with van der Waals surface area (Å²) in [5, 5.41) is 8.45. The number of carboxylic acids is 1. The molecule has 4 heteroatoms. The fraction of sp³-hybridized carbons (Fsp3) is 0.143. The predicted molar refractivity (Wildman–Crippen MR) is 37.8 cm³/mol. The van der Waals surface area contributed by atoms with Gasteiger partial charge in [0.05, 0.1) is 0 Å². The van der Waals surface area contributed by atoms with E-state index in [0.29, 0.717) is 5.69 Å². The Morgan fingerprint density at radius 3 is 3.00 bits per heavy atom. The monoisotopic (exact) mass is 153 g/mol. The lowest BCUT2D eigenvalue weighted by molar-refractivity contribution is -0.132. The highest BCUT2D eigenvalue weighted by Gasteiger charge is 2.00. The molecule has 0 aromatic carbocycles. The van der Waals surface area contributed by atoms with Crippen LogP contribution >= 0.6 is 0 Å². The zero-order chi connectivity index (χ0) is 8.27. The van der Waals surface area contributed by atoms with Crippen molar-refractivity contribution in [3.05, 3.63) is 23.9 Å². The average Bonchev–Trinajstić information content (AvgIpc) is 2.39. The molecule has 0 fully saturated rings. The SMILES string of the molecule is C/C(=C\c1cocn1)C(=O)O. The predicted octanol–water partition coefficient (Wildman–Crippen LogP) is 1.16. The Kier molecular flexibility index (Phi) is 2.06. The van der Waals surface area contributed by atoms with Crippen LogP contribution in [-0.2, 0) is 4.79 Å². The summed E-state index contributed by atoms with van der Waals surface area (Å²) in [6.07, 6.45) is 4.07. The van der Waals surface area contributed by atoms with Crippen LogP contribution in [0.25, 0.3) is 6.08 Å². The first-order chi connectivity index (χ1) is 5.20. The zero-order valence-electron chi connectivity index (χ0n) is 5.94. The van der Waals surface area contributed by atoms with E-state index in [1.54, 1.807) is 0 Å². The molecule has 58 valence electrons. The number of carboxylic acid groups (broad SMARTS) is 1. The first kappa shape index (κ1) is 7.53. The fourth-order valence-corrected chi connectivity index (χ4v) is 0.577. The van der Waals surface area contributed by atoms with Crippen LogP contribution in [-0.4, -0.2) is 16.1 Å². The van der Waals surface area contributed by atoms with Gasteiger partial charge in [0, 0.05) is 5.57 Å². The molecule has 1 N–H and O–H groups in total. The number of aliphatic carboxylic acids is 1. The Bertz CT molecular complexity index is 274. The summed E-state index contributed by atoms with van der Waals surface area (Å²) in [7, 11) is 0. The van der Waals surface area contributed by atoms with Crippen molar-refractivity contribution in [1.82, 2.24) is 4.98 Å². The molecular formula is C7H7NO3. The van der Waals surface area contributed by atoms with Gasteiger partial charge in [0.25, 0.3) is 0 Å². The molecule has 0 radical (unpaired) electrons.